The quantitative estimate of drug-likeness (QED) is 0.581. The third-order valence-corrected chi connectivity index (χ3v) is 5.28. The molecule has 4 amide bonds. The maximum Gasteiger partial charge on any atom is 0.337 e. The largest absolute Gasteiger partial charge is 0.465 e. The maximum absolute atomic E-state index is 12.9. The summed E-state index contributed by atoms with van der Waals surface area (Å²) >= 11 is 0. The van der Waals surface area contributed by atoms with Gasteiger partial charge in [-0.15, -0.1) is 0 Å². The van der Waals surface area contributed by atoms with Crippen LogP contribution in [0.15, 0.2) is 42.5 Å². The lowest BCUT2D eigenvalue weighted by molar-refractivity contribution is -0.132. The summed E-state index contributed by atoms with van der Waals surface area (Å²) in [6.07, 6.45) is -0.178. The third-order valence-electron chi connectivity index (χ3n) is 5.28. The second-order valence-electron chi connectivity index (χ2n) is 7.98. The van der Waals surface area contributed by atoms with Crippen LogP contribution in [0.2, 0.25) is 0 Å². The van der Waals surface area contributed by atoms with Gasteiger partial charge in [-0.3, -0.25) is 9.59 Å². The zero-order valence-electron chi connectivity index (χ0n) is 18.9. The highest BCUT2D eigenvalue weighted by Crippen LogP contribution is 2.17. The number of hydrogen-bond donors (Lipinski definition) is 3. The number of rotatable bonds is 6. The summed E-state index contributed by atoms with van der Waals surface area (Å²) < 4.78 is 4.70. The number of ether oxygens (including phenoxy) is 1. The van der Waals surface area contributed by atoms with Crippen molar-refractivity contribution in [2.45, 2.75) is 32.9 Å². The van der Waals surface area contributed by atoms with Gasteiger partial charge in [0.1, 0.15) is 6.04 Å². The summed E-state index contributed by atoms with van der Waals surface area (Å²) in [5.74, 6) is -1.23. The Labute approximate surface area is 192 Å². The van der Waals surface area contributed by atoms with Gasteiger partial charge in [0, 0.05) is 25.3 Å². The smallest absolute Gasteiger partial charge is 0.337 e. The fourth-order valence-electron chi connectivity index (χ4n) is 3.78. The molecule has 1 aliphatic rings. The Morgan fingerprint density at radius 3 is 2.55 bits per heavy atom. The molecule has 2 aromatic carbocycles. The van der Waals surface area contributed by atoms with Gasteiger partial charge in [0.2, 0.25) is 11.8 Å². The Bertz CT molecular complexity index is 1050. The molecule has 9 heteroatoms. The lowest BCUT2D eigenvalue weighted by Gasteiger charge is -2.34. The van der Waals surface area contributed by atoms with Gasteiger partial charge >= 0.3 is 12.0 Å². The normalized spacial score (nSPS) is 15.4. The van der Waals surface area contributed by atoms with Crippen LogP contribution in [-0.4, -0.2) is 55.0 Å². The lowest BCUT2D eigenvalue weighted by atomic mass is 10.1. The topological polar surface area (TPSA) is 117 Å². The number of amides is 4. The van der Waals surface area contributed by atoms with E-state index in [1.165, 1.54) is 12.0 Å². The van der Waals surface area contributed by atoms with Gasteiger partial charge in [0.25, 0.3) is 0 Å². The molecule has 3 N–H and O–H groups in total. The number of piperazine rings is 1. The van der Waals surface area contributed by atoms with Gasteiger partial charge in [0.15, 0.2) is 0 Å². The van der Waals surface area contributed by atoms with Gasteiger partial charge in [-0.05, 0) is 54.8 Å². The van der Waals surface area contributed by atoms with Crippen molar-refractivity contribution < 1.29 is 23.9 Å². The molecule has 1 aliphatic heterocycles. The number of hydrogen-bond acceptors (Lipinski definition) is 5. The molecule has 174 valence electrons. The SMILES string of the molecule is COC(=O)c1cccc(CNC(=O)CC2C(=O)NCCN2C(=O)Nc2cc(C)cc(C)c2)c1. The van der Waals surface area contributed by atoms with E-state index < -0.39 is 18.0 Å². The molecule has 1 fully saturated rings. The standard InChI is InChI=1S/C24H28N4O5/c1-15-9-16(2)11-19(10-15)27-24(32)28-8-7-25-22(30)20(28)13-21(29)26-14-17-5-4-6-18(12-17)23(31)33-3/h4-6,9-12,20H,7-8,13-14H2,1-3H3,(H,25,30)(H,26,29)(H,27,32). The summed E-state index contributed by atoms with van der Waals surface area (Å²) in [7, 11) is 1.30. The van der Waals surface area contributed by atoms with E-state index in [1.807, 2.05) is 32.0 Å². The minimum Gasteiger partial charge on any atom is -0.465 e. The number of anilines is 1. The first-order chi connectivity index (χ1) is 15.8. The van der Waals surface area contributed by atoms with Crippen LogP contribution in [-0.2, 0) is 20.9 Å². The van der Waals surface area contributed by atoms with Crippen molar-refractivity contribution in [2.24, 2.45) is 0 Å². The van der Waals surface area contributed by atoms with Crippen molar-refractivity contribution in [3.05, 3.63) is 64.7 Å². The van der Waals surface area contributed by atoms with E-state index in [0.29, 0.717) is 29.9 Å². The van der Waals surface area contributed by atoms with E-state index in [2.05, 4.69) is 16.0 Å². The van der Waals surface area contributed by atoms with Crippen molar-refractivity contribution >= 4 is 29.5 Å². The first-order valence-electron chi connectivity index (χ1n) is 10.6. The van der Waals surface area contributed by atoms with Crippen LogP contribution in [0.1, 0.15) is 33.5 Å². The number of urea groups is 1. The second kappa shape index (κ2) is 10.6. The van der Waals surface area contributed by atoms with Gasteiger partial charge in [-0.2, -0.15) is 0 Å². The Hall–Kier alpha value is -3.88. The van der Waals surface area contributed by atoms with Crippen molar-refractivity contribution in [1.29, 1.82) is 0 Å². The fourth-order valence-corrected chi connectivity index (χ4v) is 3.78. The molecule has 0 aromatic heterocycles. The van der Waals surface area contributed by atoms with Crippen LogP contribution >= 0.6 is 0 Å². The molecule has 0 bridgehead atoms. The van der Waals surface area contributed by atoms with Crippen molar-refractivity contribution in [3.63, 3.8) is 0 Å². The summed E-state index contributed by atoms with van der Waals surface area (Å²) in [6, 6.07) is 11.0. The highest BCUT2D eigenvalue weighted by molar-refractivity contribution is 5.96. The fraction of sp³-hybridized carbons (Fsp3) is 0.333. The van der Waals surface area contributed by atoms with E-state index in [1.54, 1.807) is 24.3 Å². The van der Waals surface area contributed by atoms with Crippen LogP contribution in [0.5, 0.6) is 0 Å². The van der Waals surface area contributed by atoms with Gasteiger partial charge in [-0.1, -0.05) is 18.2 Å². The summed E-state index contributed by atoms with van der Waals surface area (Å²) in [5, 5.41) is 8.29. The molecule has 0 aliphatic carbocycles. The molecule has 1 unspecified atom stereocenters. The molecule has 1 atom stereocenters. The monoisotopic (exact) mass is 452 g/mol. The molecule has 0 saturated carbocycles. The molecule has 9 nitrogen and oxygen atoms in total. The Kier molecular flexibility index (Phi) is 7.66. The van der Waals surface area contributed by atoms with Crippen LogP contribution in [0.25, 0.3) is 0 Å². The zero-order valence-corrected chi connectivity index (χ0v) is 18.9. The summed E-state index contributed by atoms with van der Waals surface area (Å²) in [5.41, 5.74) is 3.74. The zero-order chi connectivity index (χ0) is 24.0. The average Bonchev–Trinajstić information content (AvgIpc) is 2.78. The molecule has 2 aromatic rings. The van der Waals surface area contributed by atoms with Crippen molar-refractivity contribution in [1.82, 2.24) is 15.5 Å². The van der Waals surface area contributed by atoms with Gasteiger partial charge in [-0.25, -0.2) is 9.59 Å². The molecular weight excluding hydrogens is 424 g/mol. The Balaban J connectivity index is 1.63. The number of nitrogens with one attached hydrogen (secondary N) is 3. The predicted octanol–water partition coefficient (Wildman–Crippen LogP) is 2.13. The predicted molar refractivity (Wildman–Crippen MR) is 123 cm³/mol. The number of methoxy groups -OCH3 is 1. The Morgan fingerprint density at radius 1 is 1.12 bits per heavy atom. The molecule has 0 spiro atoms. The molecule has 1 heterocycles. The number of esters is 1. The minimum atomic E-state index is -0.925. The van der Waals surface area contributed by atoms with Crippen molar-refractivity contribution in [3.8, 4) is 0 Å². The highest BCUT2D eigenvalue weighted by Gasteiger charge is 2.34. The number of benzene rings is 2. The summed E-state index contributed by atoms with van der Waals surface area (Å²) in [6.45, 7) is 4.65. The number of carbonyl (C=O) groups excluding carboxylic acids is 4. The van der Waals surface area contributed by atoms with E-state index in [9.17, 15) is 19.2 Å². The third kappa shape index (κ3) is 6.31. The molecule has 0 radical (unpaired) electrons. The number of carbonyl (C=O) groups is 4. The van der Waals surface area contributed by atoms with E-state index in [-0.39, 0.29) is 24.8 Å². The number of aryl methyl sites for hydroxylation is 2. The highest BCUT2D eigenvalue weighted by atomic mass is 16.5. The average molecular weight is 453 g/mol. The lowest BCUT2D eigenvalue weighted by Crippen LogP contribution is -2.59. The first kappa shape index (κ1) is 23.8. The van der Waals surface area contributed by atoms with E-state index >= 15 is 0 Å². The number of nitrogens with zero attached hydrogens (tertiary/aromatic N) is 1. The van der Waals surface area contributed by atoms with Crippen molar-refractivity contribution in [2.75, 3.05) is 25.5 Å². The molecule has 3 rings (SSSR count). The maximum atomic E-state index is 12.9. The van der Waals surface area contributed by atoms with Crippen LogP contribution in [0, 0.1) is 13.8 Å². The minimum absolute atomic E-state index is 0.173. The molecular formula is C24H28N4O5. The van der Waals surface area contributed by atoms with Crippen LogP contribution in [0.3, 0.4) is 0 Å². The first-order valence-corrected chi connectivity index (χ1v) is 10.6. The van der Waals surface area contributed by atoms with Crippen LogP contribution < -0.4 is 16.0 Å². The van der Waals surface area contributed by atoms with Crippen LogP contribution in [0.4, 0.5) is 10.5 Å². The van der Waals surface area contributed by atoms with E-state index in [4.69, 9.17) is 4.74 Å². The second-order valence-corrected chi connectivity index (χ2v) is 7.98. The van der Waals surface area contributed by atoms with Gasteiger partial charge in [0.05, 0.1) is 19.1 Å². The Morgan fingerprint density at radius 2 is 1.85 bits per heavy atom. The van der Waals surface area contributed by atoms with Gasteiger partial charge < -0.3 is 25.6 Å². The summed E-state index contributed by atoms with van der Waals surface area (Å²) in [4.78, 5) is 51.0. The molecule has 33 heavy (non-hydrogen) atoms. The molecule has 1 saturated heterocycles. The van der Waals surface area contributed by atoms with E-state index in [0.717, 1.165) is 11.1 Å².